The van der Waals surface area contributed by atoms with Gasteiger partial charge in [-0.25, -0.2) is 0 Å². The first kappa shape index (κ1) is 24.7. The number of rotatable bonds is 6. The zero-order valence-electron chi connectivity index (χ0n) is 20.9. The number of hydrogen-bond acceptors (Lipinski definition) is 5. The van der Waals surface area contributed by atoms with E-state index >= 15 is 0 Å². The third kappa shape index (κ3) is 3.71. The topological polar surface area (TPSA) is 108 Å². The Morgan fingerprint density at radius 2 is 1.88 bits per heavy atom. The maximum absolute atomic E-state index is 13.9. The lowest BCUT2D eigenvalue weighted by Crippen LogP contribution is -2.60. The van der Waals surface area contributed by atoms with Gasteiger partial charge in [-0.3, -0.25) is 14.4 Å². The van der Waals surface area contributed by atoms with Crippen molar-refractivity contribution in [2.45, 2.75) is 83.3 Å². The van der Waals surface area contributed by atoms with Gasteiger partial charge >= 0.3 is 0 Å². The maximum atomic E-state index is 13.9. The Bertz CT molecular complexity index is 976. The molecule has 3 unspecified atom stereocenters. The molecule has 2 bridgehead atoms. The highest BCUT2D eigenvalue weighted by molar-refractivity contribution is 5.99. The van der Waals surface area contributed by atoms with Crippen LogP contribution in [0.3, 0.4) is 0 Å². The summed E-state index contributed by atoms with van der Waals surface area (Å²) in [5.41, 5.74) is -1.53. The van der Waals surface area contributed by atoms with Crippen molar-refractivity contribution in [2.24, 2.45) is 17.8 Å². The molecule has 3 amide bonds. The fourth-order valence-electron chi connectivity index (χ4n) is 6.27. The maximum Gasteiger partial charge on any atom is 0.246 e. The summed E-state index contributed by atoms with van der Waals surface area (Å²) in [5.74, 6) is -2.40. The normalized spacial score (nSPS) is 35.3. The van der Waals surface area contributed by atoms with E-state index in [0.717, 1.165) is 5.56 Å². The van der Waals surface area contributed by atoms with Gasteiger partial charge in [0.05, 0.1) is 30.1 Å². The molecule has 3 fully saturated rings. The number of nitrogens with one attached hydrogen (secondary N) is 2. The number of benzene rings is 1. The van der Waals surface area contributed by atoms with Crippen LogP contribution in [0.15, 0.2) is 30.3 Å². The second-order valence-corrected chi connectivity index (χ2v) is 11.4. The van der Waals surface area contributed by atoms with E-state index in [1.165, 1.54) is 4.90 Å². The summed E-state index contributed by atoms with van der Waals surface area (Å²) >= 11 is 0. The second-order valence-electron chi connectivity index (χ2n) is 11.4. The predicted molar refractivity (Wildman–Crippen MR) is 126 cm³/mol. The molecule has 1 spiro atoms. The monoisotopic (exact) mass is 471 g/mol. The van der Waals surface area contributed by atoms with E-state index in [0.29, 0.717) is 13.0 Å². The summed E-state index contributed by atoms with van der Waals surface area (Å²) in [5, 5.41) is 15.9. The minimum absolute atomic E-state index is 0.0293. The number of nitrogens with zero attached hydrogens (tertiary/aromatic N) is 1. The van der Waals surface area contributed by atoms with Gasteiger partial charge in [0, 0.05) is 12.1 Å². The molecule has 4 rings (SSSR count). The van der Waals surface area contributed by atoms with Gasteiger partial charge in [-0.2, -0.15) is 0 Å². The van der Waals surface area contributed by atoms with Crippen LogP contribution in [0, 0.1) is 17.8 Å². The Balaban J connectivity index is 1.71. The second kappa shape index (κ2) is 8.34. The highest BCUT2D eigenvalue weighted by Gasteiger charge is 2.80. The number of carbonyl (C=O) groups is 3. The first-order valence-corrected chi connectivity index (χ1v) is 12.1. The average Bonchev–Trinajstić information content (AvgIpc) is 3.28. The lowest BCUT2D eigenvalue weighted by atomic mass is 9.62. The Kier molecular flexibility index (Phi) is 6.05. The van der Waals surface area contributed by atoms with E-state index in [1.54, 1.807) is 6.92 Å². The van der Waals surface area contributed by atoms with Crippen LogP contribution in [0.4, 0.5) is 0 Å². The summed E-state index contributed by atoms with van der Waals surface area (Å²) < 4.78 is 6.65. The SMILES string of the molecule is CC1CC23O[C@@]1(C)[C@H](C(=O)NCc1ccccc1)[C@H]2C(=O)N([C@H](C)CO)C3C(=O)NC(C)(C)C. The molecule has 0 aromatic heterocycles. The third-order valence-electron chi connectivity index (χ3n) is 7.83. The molecule has 0 radical (unpaired) electrons. The summed E-state index contributed by atoms with van der Waals surface area (Å²) in [4.78, 5) is 42.5. The van der Waals surface area contributed by atoms with E-state index in [2.05, 4.69) is 10.6 Å². The summed E-state index contributed by atoms with van der Waals surface area (Å²) in [6, 6.07) is 8.10. The Labute approximate surface area is 201 Å². The number of aliphatic hydroxyl groups excluding tert-OH is 1. The van der Waals surface area contributed by atoms with Gasteiger partial charge < -0.3 is 25.4 Å². The average molecular weight is 472 g/mol. The highest BCUT2D eigenvalue weighted by atomic mass is 16.5. The van der Waals surface area contributed by atoms with Gasteiger partial charge in [-0.15, -0.1) is 0 Å². The van der Waals surface area contributed by atoms with Crippen molar-refractivity contribution in [3.05, 3.63) is 35.9 Å². The van der Waals surface area contributed by atoms with Gasteiger partial charge in [0.25, 0.3) is 0 Å². The van der Waals surface area contributed by atoms with Gasteiger partial charge in [0.15, 0.2) is 0 Å². The van der Waals surface area contributed by atoms with Crippen LogP contribution in [0.5, 0.6) is 0 Å². The number of hydrogen-bond donors (Lipinski definition) is 3. The zero-order chi connectivity index (χ0) is 25.1. The number of ether oxygens (including phenoxy) is 1. The van der Waals surface area contributed by atoms with E-state index in [9.17, 15) is 19.5 Å². The molecule has 3 N–H and O–H groups in total. The molecular formula is C26H37N3O5. The molecule has 0 saturated carbocycles. The Morgan fingerprint density at radius 1 is 1.24 bits per heavy atom. The van der Waals surface area contributed by atoms with Gasteiger partial charge in [-0.05, 0) is 52.5 Å². The van der Waals surface area contributed by atoms with E-state index < -0.39 is 40.7 Å². The molecule has 3 heterocycles. The number of carbonyl (C=O) groups excluding carboxylic acids is 3. The van der Waals surface area contributed by atoms with Crippen LogP contribution in [-0.2, 0) is 25.7 Å². The van der Waals surface area contributed by atoms with Crippen LogP contribution >= 0.6 is 0 Å². The fourth-order valence-corrected chi connectivity index (χ4v) is 6.27. The van der Waals surface area contributed by atoms with Crippen LogP contribution in [-0.4, -0.2) is 63.2 Å². The van der Waals surface area contributed by atoms with Crippen molar-refractivity contribution in [2.75, 3.05) is 6.61 Å². The molecule has 3 saturated heterocycles. The van der Waals surface area contributed by atoms with Crippen LogP contribution < -0.4 is 10.6 Å². The smallest absolute Gasteiger partial charge is 0.246 e. The quantitative estimate of drug-likeness (QED) is 0.584. The van der Waals surface area contributed by atoms with Gasteiger partial charge in [-0.1, -0.05) is 37.3 Å². The number of amides is 3. The first-order valence-electron chi connectivity index (χ1n) is 12.1. The molecule has 3 aliphatic heterocycles. The molecule has 34 heavy (non-hydrogen) atoms. The van der Waals surface area contributed by atoms with E-state index in [4.69, 9.17) is 4.74 Å². The Hall–Kier alpha value is -2.45. The van der Waals surface area contributed by atoms with Crippen molar-refractivity contribution in [3.8, 4) is 0 Å². The molecule has 1 aromatic rings. The zero-order valence-corrected chi connectivity index (χ0v) is 20.9. The standard InChI is InChI=1S/C26H37N3O5/c1-15-12-26-19(23(33)29(16(2)14-30)20(26)22(32)28-24(3,4)5)18(25(15,6)34-26)21(31)27-13-17-10-8-7-9-11-17/h7-11,15-16,18-20,30H,12-14H2,1-6H3,(H,27,31)(H,28,32)/t15?,16-,18+,19+,20?,25-,26?/m1/s1. The van der Waals surface area contributed by atoms with Crippen molar-refractivity contribution < 1.29 is 24.2 Å². The third-order valence-corrected chi connectivity index (χ3v) is 7.83. The van der Waals surface area contributed by atoms with Crippen molar-refractivity contribution in [1.82, 2.24) is 15.5 Å². The summed E-state index contributed by atoms with van der Waals surface area (Å²) in [6.45, 7) is 11.3. The minimum Gasteiger partial charge on any atom is -0.394 e. The predicted octanol–water partition coefficient (Wildman–Crippen LogP) is 1.61. The summed E-state index contributed by atoms with van der Waals surface area (Å²) in [6.07, 6.45) is 0.499. The summed E-state index contributed by atoms with van der Waals surface area (Å²) in [7, 11) is 0. The first-order chi connectivity index (χ1) is 15.9. The molecular weight excluding hydrogens is 434 g/mol. The van der Waals surface area contributed by atoms with Gasteiger partial charge in [0.2, 0.25) is 17.7 Å². The molecule has 3 aliphatic rings. The Morgan fingerprint density at radius 3 is 2.47 bits per heavy atom. The highest BCUT2D eigenvalue weighted by Crippen LogP contribution is 2.65. The van der Waals surface area contributed by atoms with Gasteiger partial charge in [0.1, 0.15) is 11.6 Å². The number of fused-ring (bicyclic) bond motifs is 1. The molecule has 186 valence electrons. The van der Waals surface area contributed by atoms with Crippen molar-refractivity contribution in [3.63, 3.8) is 0 Å². The molecule has 7 atom stereocenters. The molecule has 0 aliphatic carbocycles. The lowest BCUT2D eigenvalue weighted by molar-refractivity contribution is -0.151. The van der Waals surface area contributed by atoms with E-state index in [-0.39, 0.29) is 30.2 Å². The number of aliphatic hydroxyl groups is 1. The molecule has 1 aromatic carbocycles. The van der Waals surface area contributed by atoms with Crippen LogP contribution in [0.1, 0.15) is 53.5 Å². The van der Waals surface area contributed by atoms with Crippen molar-refractivity contribution in [1.29, 1.82) is 0 Å². The largest absolute Gasteiger partial charge is 0.394 e. The minimum atomic E-state index is -1.11. The van der Waals surface area contributed by atoms with E-state index in [1.807, 2.05) is 65.0 Å². The molecule has 8 nitrogen and oxygen atoms in total. The van der Waals surface area contributed by atoms with Crippen LogP contribution in [0.2, 0.25) is 0 Å². The van der Waals surface area contributed by atoms with Crippen LogP contribution in [0.25, 0.3) is 0 Å². The fraction of sp³-hybridized carbons (Fsp3) is 0.654. The lowest BCUT2D eigenvalue weighted by Gasteiger charge is -2.37. The number of likely N-dealkylation sites (tertiary alicyclic amines) is 1. The van der Waals surface area contributed by atoms with Crippen molar-refractivity contribution >= 4 is 17.7 Å². The molecule has 8 heteroatoms.